The summed E-state index contributed by atoms with van der Waals surface area (Å²) in [5, 5.41) is 5.51. The van der Waals surface area contributed by atoms with Gasteiger partial charge in [-0.15, -0.1) is 0 Å². The Morgan fingerprint density at radius 3 is 2.39 bits per heavy atom. The Bertz CT molecular complexity index is 668. The zero-order valence-electron chi connectivity index (χ0n) is 13.7. The first-order valence-corrected chi connectivity index (χ1v) is 7.52. The number of benzene rings is 2. The Morgan fingerprint density at radius 1 is 1.13 bits per heavy atom. The van der Waals surface area contributed by atoms with Crippen molar-refractivity contribution in [3.63, 3.8) is 0 Å². The number of rotatable bonds is 6. The van der Waals surface area contributed by atoms with E-state index >= 15 is 0 Å². The van der Waals surface area contributed by atoms with Crippen molar-refractivity contribution in [3.8, 4) is 0 Å². The molecular weight excluding hydrogens is 293 g/mol. The molecule has 5 heteroatoms. The fourth-order valence-corrected chi connectivity index (χ4v) is 2.17. The molecule has 0 saturated heterocycles. The van der Waals surface area contributed by atoms with Crippen molar-refractivity contribution in [2.45, 2.75) is 6.42 Å². The first-order valence-electron chi connectivity index (χ1n) is 7.52. The van der Waals surface area contributed by atoms with Gasteiger partial charge >= 0.3 is 0 Å². The molecule has 0 spiro atoms. The van der Waals surface area contributed by atoms with Crippen LogP contribution in [0.25, 0.3) is 0 Å². The van der Waals surface area contributed by atoms with Gasteiger partial charge in [-0.05, 0) is 56.4 Å². The maximum Gasteiger partial charge on any atom is 0.255 e. The molecule has 2 aromatic carbocycles. The molecule has 1 amide bonds. The van der Waals surface area contributed by atoms with E-state index < -0.39 is 5.82 Å². The Kier molecular flexibility index (Phi) is 5.71. The molecule has 0 fully saturated rings. The quantitative estimate of drug-likeness (QED) is 0.860. The maximum atomic E-state index is 13.7. The van der Waals surface area contributed by atoms with Crippen LogP contribution in [-0.4, -0.2) is 38.5 Å². The fraction of sp³-hybridized carbons (Fsp3) is 0.278. The van der Waals surface area contributed by atoms with E-state index in [2.05, 4.69) is 15.5 Å². The monoisotopic (exact) mass is 315 g/mol. The summed E-state index contributed by atoms with van der Waals surface area (Å²) in [5.74, 6) is -0.772. The van der Waals surface area contributed by atoms with E-state index in [9.17, 15) is 9.18 Å². The van der Waals surface area contributed by atoms with Crippen molar-refractivity contribution in [2.75, 3.05) is 38.3 Å². The lowest BCUT2D eigenvalue weighted by Gasteiger charge is -2.10. The van der Waals surface area contributed by atoms with Crippen molar-refractivity contribution < 1.29 is 9.18 Å². The second-order valence-electron chi connectivity index (χ2n) is 5.65. The maximum absolute atomic E-state index is 13.7. The molecule has 0 aliphatic heterocycles. The van der Waals surface area contributed by atoms with Gasteiger partial charge in [0.05, 0.1) is 5.69 Å². The Hall–Kier alpha value is -2.40. The third kappa shape index (κ3) is 4.79. The summed E-state index contributed by atoms with van der Waals surface area (Å²) >= 11 is 0. The third-order valence-corrected chi connectivity index (χ3v) is 3.56. The standard InChI is InChI=1S/C18H22FN3O/c1-20-17-9-6-14(12-16(17)19)18(23)21-15-7-4-13(5-8-15)10-11-22(2)3/h4-9,12,20H,10-11H2,1-3H3,(H,21,23). The molecule has 2 N–H and O–H groups in total. The molecule has 2 rings (SSSR count). The van der Waals surface area contributed by atoms with E-state index in [1.807, 2.05) is 38.4 Å². The van der Waals surface area contributed by atoms with Gasteiger partial charge in [-0.3, -0.25) is 4.79 Å². The zero-order chi connectivity index (χ0) is 16.8. The molecule has 0 aliphatic carbocycles. The van der Waals surface area contributed by atoms with Gasteiger partial charge in [0.15, 0.2) is 0 Å². The van der Waals surface area contributed by atoms with Crippen molar-refractivity contribution in [1.29, 1.82) is 0 Å². The van der Waals surface area contributed by atoms with Gasteiger partial charge in [0.2, 0.25) is 0 Å². The highest BCUT2D eigenvalue weighted by atomic mass is 19.1. The van der Waals surface area contributed by atoms with E-state index in [-0.39, 0.29) is 11.5 Å². The Labute approximate surface area is 136 Å². The predicted molar refractivity (Wildman–Crippen MR) is 92.6 cm³/mol. The average molecular weight is 315 g/mol. The molecule has 0 aliphatic rings. The van der Waals surface area contributed by atoms with Gasteiger partial charge in [0.1, 0.15) is 5.82 Å². The van der Waals surface area contributed by atoms with Gasteiger partial charge in [-0.2, -0.15) is 0 Å². The Morgan fingerprint density at radius 2 is 1.83 bits per heavy atom. The van der Waals surface area contributed by atoms with Crippen LogP contribution in [-0.2, 0) is 6.42 Å². The third-order valence-electron chi connectivity index (χ3n) is 3.56. The van der Waals surface area contributed by atoms with Crippen LogP contribution in [0.3, 0.4) is 0 Å². The van der Waals surface area contributed by atoms with E-state index in [0.717, 1.165) is 13.0 Å². The van der Waals surface area contributed by atoms with Gasteiger partial charge in [-0.1, -0.05) is 12.1 Å². The van der Waals surface area contributed by atoms with Gasteiger partial charge in [0.25, 0.3) is 5.91 Å². The van der Waals surface area contributed by atoms with Crippen LogP contribution in [0.5, 0.6) is 0 Å². The average Bonchev–Trinajstić information content (AvgIpc) is 2.54. The van der Waals surface area contributed by atoms with Gasteiger partial charge < -0.3 is 15.5 Å². The summed E-state index contributed by atoms with van der Waals surface area (Å²) in [7, 11) is 5.70. The second-order valence-corrected chi connectivity index (χ2v) is 5.65. The molecule has 0 saturated carbocycles. The lowest BCUT2D eigenvalue weighted by molar-refractivity contribution is 0.102. The van der Waals surface area contributed by atoms with Gasteiger partial charge in [0, 0.05) is 24.8 Å². The summed E-state index contributed by atoms with van der Waals surface area (Å²) < 4.78 is 13.7. The highest BCUT2D eigenvalue weighted by Gasteiger charge is 2.09. The molecule has 0 radical (unpaired) electrons. The minimum Gasteiger partial charge on any atom is -0.386 e. The fourth-order valence-electron chi connectivity index (χ4n) is 2.17. The molecule has 0 aromatic heterocycles. The van der Waals surface area contributed by atoms with Crippen molar-refractivity contribution >= 4 is 17.3 Å². The molecule has 23 heavy (non-hydrogen) atoms. The number of amides is 1. The number of nitrogens with zero attached hydrogens (tertiary/aromatic N) is 1. The highest BCUT2D eigenvalue weighted by molar-refractivity contribution is 6.04. The van der Waals surface area contributed by atoms with Crippen LogP contribution < -0.4 is 10.6 Å². The van der Waals surface area contributed by atoms with Crippen molar-refractivity contribution in [3.05, 3.63) is 59.4 Å². The molecular formula is C18H22FN3O. The largest absolute Gasteiger partial charge is 0.386 e. The van der Waals surface area contributed by atoms with E-state index in [4.69, 9.17) is 0 Å². The number of carbonyl (C=O) groups excluding carboxylic acids is 1. The molecule has 0 atom stereocenters. The molecule has 0 unspecified atom stereocenters. The zero-order valence-corrected chi connectivity index (χ0v) is 13.7. The van der Waals surface area contributed by atoms with Crippen LogP contribution in [0.1, 0.15) is 15.9 Å². The SMILES string of the molecule is CNc1ccc(C(=O)Nc2ccc(CCN(C)C)cc2)cc1F. The van der Waals surface area contributed by atoms with E-state index in [1.54, 1.807) is 19.2 Å². The van der Waals surface area contributed by atoms with Crippen molar-refractivity contribution in [1.82, 2.24) is 4.90 Å². The summed E-state index contributed by atoms with van der Waals surface area (Å²) in [6.45, 7) is 0.975. The van der Waals surface area contributed by atoms with Crippen LogP contribution in [0.2, 0.25) is 0 Å². The Balaban J connectivity index is 2.01. The molecule has 2 aromatic rings. The second kappa shape index (κ2) is 7.74. The molecule has 122 valence electrons. The van der Waals surface area contributed by atoms with Crippen LogP contribution in [0, 0.1) is 5.82 Å². The summed E-state index contributed by atoms with van der Waals surface area (Å²) in [6, 6.07) is 12.1. The molecule has 0 bridgehead atoms. The van der Waals surface area contributed by atoms with Crippen LogP contribution >= 0.6 is 0 Å². The molecule has 0 heterocycles. The summed E-state index contributed by atoms with van der Waals surface area (Å²) in [6.07, 6.45) is 0.956. The minimum atomic E-state index is -0.445. The number of hydrogen-bond donors (Lipinski definition) is 2. The number of halogens is 1. The van der Waals surface area contributed by atoms with Crippen molar-refractivity contribution in [2.24, 2.45) is 0 Å². The van der Waals surface area contributed by atoms with Crippen LogP contribution in [0.15, 0.2) is 42.5 Å². The lowest BCUT2D eigenvalue weighted by Crippen LogP contribution is -2.15. The number of anilines is 2. The lowest BCUT2D eigenvalue weighted by atomic mass is 10.1. The number of hydrogen-bond acceptors (Lipinski definition) is 3. The minimum absolute atomic E-state index is 0.290. The first kappa shape index (κ1) is 17.0. The van der Waals surface area contributed by atoms with Gasteiger partial charge in [-0.25, -0.2) is 4.39 Å². The van der Waals surface area contributed by atoms with E-state index in [1.165, 1.54) is 11.6 Å². The predicted octanol–water partition coefficient (Wildman–Crippen LogP) is 3.22. The highest BCUT2D eigenvalue weighted by Crippen LogP contribution is 2.17. The smallest absolute Gasteiger partial charge is 0.255 e. The topological polar surface area (TPSA) is 44.4 Å². The van der Waals surface area contributed by atoms with Crippen LogP contribution in [0.4, 0.5) is 15.8 Å². The summed E-state index contributed by atoms with van der Waals surface area (Å²) in [5.41, 5.74) is 2.56. The summed E-state index contributed by atoms with van der Waals surface area (Å²) in [4.78, 5) is 14.3. The molecule has 4 nitrogen and oxygen atoms in total. The first-order chi connectivity index (χ1) is 11.0. The normalized spacial score (nSPS) is 10.7. The number of nitrogens with one attached hydrogen (secondary N) is 2. The number of carbonyl (C=O) groups is 1. The van der Waals surface area contributed by atoms with E-state index in [0.29, 0.717) is 11.4 Å². The number of likely N-dealkylation sites (N-methyl/N-ethyl adjacent to an activating group) is 1.